The van der Waals surface area contributed by atoms with Gasteiger partial charge < -0.3 is 35.2 Å². The second kappa shape index (κ2) is 32.0. The van der Waals surface area contributed by atoms with Gasteiger partial charge in [-0.1, -0.05) is 167 Å². The van der Waals surface area contributed by atoms with E-state index in [1.165, 1.54) is 116 Å². The van der Waals surface area contributed by atoms with Gasteiger partial charge in [0.25, 0.3) is 0 Å². The third-order valence-corrected chi connectivity index (χ3v) is 10.5. The summed E-state index contributed by atoms with van der Waals surface area (Å²) in [6.07, 6.45) is 24.4. The molecule has 0 radical (unpaired) electrons. The van der Waals surface area contributed by atoms with E-state index in [1.54, 1.807) is 6.08 Å². The van der Waals surface area contributed by atoms with Crippen LogP contribution in [0, 0.1) is 0 Å². The standard InChI is InChI=1S/C40H77NO11S/c1-3-5-7-9-11-13-15-17-19-21-23-25-27-29-34(42)33(31-50-40-39(46)38(45)37(44)35(52-40)32-51-53(47,48)49)41-36(43)30-28-26-24-22-20-18-16-14-12-10-8-6-4-2/h27,29,33-35,37-40,42,44-46H,3-26,28,30-32H2,1-2H3,(H,41,43)(H,47,48,49)/b29-27+/t33-,34+,35?,37?,38?,39?,40?/m0/s1. The normalized spacial score (nSPS) is 22.0. The van der Waals surface area contributed by atoms with Crippen LogP contribution < -0.4 is 5.32 Å². The minimum absolute atomic E-state index is 0.250. The Morgan fingerprint density at radius 1 is 0.698 bits per heavy atom. The van der Waals surface area contributed by atoms with E-state index in [1.807, 2.05) is 6.08 Å². The minimum Gasteiger partial charge on any atom is -0.387 e. The molecule has 0 aromatic heterocycles. The van der Waals surface area contributed by atoms with Crippen molar-refractivity contribution in [2.24, 2.45) is 0 Å². The zero-order valence-electron chi connectivity index (χ0n) is 33.1. The summed E-state index contributed by atoms with van der Waals surface area (Å²) in [5, 5.41) is 44.9. The van der Waals surface area contributed by atoms with Gasteiger partial charge in [-0.05, 0) is 19.3 Å². The van der Waals surface area contributed by atoms with Gasteiger partial charge in [0.15, 0.2) is 6.29 Å². The number of rotatable bonds is 35. The van der Waals surface area contributed by atoms with Crippen LogP contribution in [-0.4, -0.2) is 95.4 Å². The lowest BCUT2D eigenvalue weighted by molar-refractivity contribution is -0.301. The second-order valence-corrected chi connectivity index (χ2v) is 16.1. The van der Waals surface area contributed by atoms with Gasteiger partial charge in [0.1, 0.15) is 24.4 Å². The topological polar surface area (TPSA) is 192 Å². The molecule has 314 valence electrons. The van der Waals surface area contributed by atoms with Crippen molar-refractivity contribution >= 4 is 16.3 Å². The third-order valence-electron chi connectivity index (χ3n) is 10.1. The van der Waals surface area contributed by atoms with Gasteiger partial charge in [-0.15, -0.1) is 0 Å². The molecule has 0 aromatic rings. The molecule has 1 rings (SSSR count). The van der Waals surface area contributed by atoms with Gasteiger partial charge in [0.2, 0.25) is 5.91 Å². The summed E-state index contributed by atoms with van der Waals surface area (Å²) < 4.78 is 46.4. The van der Waals surface area contributed by atoms with Crippen molar-refractivity contribution in [3.05, 3.63) is 12.2 Å². The maximum Gasteiger partial charge on any atom is 0.397 e. The molecule has 1 amide bonds. The highest BCUT2D eigenvalue weighted by molar-refractivity contribution is 7.80. The molecule has 0 saturated carbocycles. The third kappa shape index (κ3) is 26.4. The summed E-state index contributed by atoms with van der Waals surface area (Å²) >= 11 is 0. The first-order chi connectivity index (χ1) is 25.5. The molecular weight excluding hydrogens is 703 g/mol. The summed E-state index contributed by atoms with van der Waals surface area (Å²) in [5.74, 6) is -0.250. The fraction of sp³-hybridized carbons (Fsp3) is 0.925. The number of amides is 1. The molecule has 0 bridgehead atoms. The summed E-state index contributed by atoms with van der Waals surface area (Å²) in [4.78, 5) is 12.9. The number of aliphatic hydroxyl groups excluding tert-OH is 4. The number of unbranched alkanes of at least 4 members (excludes halogenated alkanes) is 23. The smallest absolute Gasteiger partial charge is 0.387 e. The van der Waals surface area contributed by atoms with Crippen LogP contribution in [0.2, 0.25) is 0 Å². The van der Waals surface area contributed by atoms with Gasteiger partial charge in [-0.3, -0.25) is 9.35 Å². The van der Waals surface area contributed by atoms with E-state index < -0.39 is 59.9 Å². The van der Waals surface area contributed by atoms with Crippen LogP contribution in [0.1, 0.15) is 181 Å². The molecule has 0 aliphatic carbocycles. The number of hydrogen-bond donors (Lipinski definition) is 6. The lowest BCUT2D eigenvalue weighted by Gasteiger charge is -2.40. The van der Waals surface area contributed by atoms with Gasteiger partial charge >= 0.3 is 10.4 Å². The van der Waals surface area contributed by atoms with E-state index in [-0.39, 0.29) is 18.9 Å². The Hall–Kier alpha value is -1.16. The number of carbonyl (C=O) groups is 1. The number of ether oxygens (including phenoxy) is 2. The van der Waals surface area contributed by atoms with Crippen LogP contribution in [-0.2, 0) is 28.9 Å². The molecule has 1 aliphatic heterocycles. The zero-order valence-corrected chi connectivity index (χ0v) is 33.9. The minimum atomic E-state index is -4.86. The molecule has 13 heteroatoms. The first-order valence-corrected chi connectivity index (χ1v) is 22.4. The fourth-order valence-electron chi connectivity index (χ4n) is 6.65. The average Bonchev–Trinajstić information content (AvgIpc) is 3.12. The lowest BCUT2D eigenvalue weighted by atomic mass is 9.99. The second-order valence-electron chi connectivity index (χ2n) is 15.0. The predicted octanol–water partition coefficient (Wildman–Crippen LogP) is 7.21. The van der Waals surface area contributed by atoms with Crippen LogP contribution in [0.25, 0.3) is 0 Å². The maximum absolute atomic E-state index is 12.9. The Bertz CT molecular complexity index is 1010. The van der Waals surface area contributed by atoms with Crippen LogP contribution in [0.4, 0.5) is 0 Å². The molecular formula is C40H77NO11S. The summed E-state index contributed by atoms with van der Waals surface area (Å²) in [7, 11) is -4.86. The van der Waals surface area contributed by atoms with E-state index in [9.17, 15) is 33.6 Å². The van der Waals surface area contributed by atoms with Crippen LogP contribution >= 0.6 is 0 Å². The van der Waals surface area contributed by atoms with E-state index >= 15 is 0 Å². The van der Waals surface area contributed by atoms with Gasteiger partial charge in [-0.2, -0.15) is 8.42 Å². The monoisotopic (exact) mass is 780 g/mol. The van der Waals surface area contributed by atoms with Crippen molar-refractivity contribution < 1.29 is 51.8 Å². The molecule has 0 spiro atoms. The molecule has 53 heavy (non-hydrogen) atoms. The molecule has 1 saturated heterocycles. The van der Waals surface area contributed by atoms with Crippen molar-refractivity contribution in [1.82, 2.24) is 5.32 Å². The summed E-state index contributed by atoms with van der Waals surface area (Å²) in [5.41, 5.74) is 0. The molecule has 5 unspecified atom stereocenters. The van der Waals surface area contributed by atoms with Gasteiger partial charge in [-0.25, -0.2) is 4.18 Å². The first kappa shape index (κ1) is 49.9. The van der Waals surface area contributed by atoms with Crippen molar-refractivity contribution in [3.8, 4) is 0 Å². The molecule has 1 heterocycles. The first-order valence-electron chi connectivity index (χ1n) is 21.1. The Labute approximate surface area is 321 Å². The zero-order chi connectivity index (χ0) is 39.2. The highest BCUT2D eigenvalue weighted by atomic mass is 32.3. The van der Waals surface area contributed by atoms with Crippen molar-refractivity contribution in [2.45, 2.75) is 224 Å². The van der Waals surface area contributed by atoms with Crippen molar-refractivity contribution in [1.29, 1.82) is 0 Å². The number of nitrogens with one attached hydrogen (secondary N) is 1. The molecule has 7 atom stereocenters. The highest BCUT2D eigenvalue weighted by Crippen LogP contribution is 2.23. The molecule has 0 aromatic carbocycles. The Morgan fingerprint density at radius 2 is 1.15 bits per heavy atom. The number of carbonyl (C=O) groups excluding carboxylic acids is 1. The predicted molar refractivity (Wildman–Crippen MR) is 209 cm³/mol. The molecule has 1 fully saturated rings. The van der Waals surface area contributed by atoms with E-state index in [0.29, 0.717) is 6.42 Å². The van der Waals surface area contributed by atoms with Crippen LogP contribution in [0.15, 0.2) is 12.2 Å². The van der Waals surface area contributed by atoms with E-state index in [0.717, 1.165) is 38.5 Å². The number of hydrogen-bond acceptors (Lipinski definition) is 10. The van der Waals surface area contributed by atoms with Crippen LogP contribution in [0.3, 0.4) is 0 Å². The Kier molecular flexibility index (Phi) is 30.1. The average molecular weight is 780 g/mol. The SMILES string of the molecule is CCCCCCCCCCCCC/C=C/[C@@H](O)[C@H](COC1OC(COS(=O)(=O)O)C(O)C(O)C1O)NC(=O)CCCCCCCCCCCCCCC. The largest absolute Gasteiger partial charge is 0.397 e. The number of allylic oxidation sites excluding steroid dienone is 1. The Balaban J connectivity index is 2.56. The van der Waals surface area contributed by atoms with Gasteiger partial charge in [0.05, 0.1) is 25.4 Å². The highest BCUT2D eigenvalue weighted by Gasteiger charge is 2.45. The fourth-order valence-corrected chi connectivity index (χ4v) is 6.95. The van der Waals surface area contributed by atoms with Crippen molar-refractivity contribution in [2.75, 3.05) is 13.2 Å². The Morgan fingerprint density at radius 3 is 1.62 bits per heavy atom. The summed E-state index contributed by atoms with van der Waals surface area (Å²) in [6.45, 7) is 3.31. The van der Waals surface area contributed by atoms with Crippen molar-refractivity contribution in [3.63, 3.8) is 0 Å². The summed E-state index contributed by atoms with van der Waals surface area (Å²) in [6, 6.07) is -0.912. The molecule has 1 aliphatic rings. The maximum atomic E-state index is 12.9. The quantitative estimate of drug-likeness (QED) is 0.0216. The van der Waals surface area contributed by atoms with E-state index in [4.69, 9.17) is 14.0 Å². The van der Waals surface area contributed by atoms with E-state index in [2.05, 4.69) is 23.3 Å². The lowest BCUT2D eigenvalue weighted by Crippen LogP contribution is -2.60. The van der Waals surface area contributed by atoms with Gasteiger partial charge in [0, 0.05) is 6.42 Å². The van der Waals surface area contributed by atoms with Crippen LogP contribution in [0.5, 0.6) is 0 Å². The molecule has 12 nitrogen and oxygen atoms in total. The number of aliphatic hydroxyl groups is 4. The molecule has 6 N–H and O–H groups in total.